The SMILES string of the molecule is CC(N)CCCCS(=O)(=O)c1ccc(C(C)C)cc1. The van der Waals surface area contributed by atoms with E-state index in [4.69, 9.17) is 5.73 Å². The van der Waals surface area contributed by atoms with Gasteiger partial charge < -0.3 is 5.73 Å². The average Bonchev–Trinajstić information content (AvgIpc) is 2.34. The van der Waals surface area contributed by atoms with Crippen LogP contribution in [0.3, 0.4) is 0 Å². The Balaban J connectivity index is 2.62. The minimum Gasteiger partial charge on any atom is -0.328 e. The molecule has 0 amide bonds. The van der Waals surface area contributed by atoms with Crippen molar-refractivity contribution in [2.75, 3.05) is 5.75 Å². The van der Waals surface area contributed by atoms with Crippen LogP contribution in [-0.4, -0.2) is 20.2 Å². The average molecular weight is 283 g/mol. The molecule has 1 aromatic rings. The summed E-state index contributed by atoms with van der Waals surface area (Å²) in [6.45, 7) is 6.13. The van der Waals surface area contributed by atoms with Crippen molar-refractivity contribution in [1.82, 2.24) is 0 Å². The van der Waals surface area contributed by atoms with E-state index in [1.165, 1.54) is 0 Å². The van der Waals surface area contributed by atoms with Crippen LogP contribution in [0.4, 0.5) is 0 Å². The number of nitrogens with two attached hydrogens (primary N) is 1. The van der Waals surface area contributed by atoms with Crippen LogP contribution in [0.5, 0.6) is 0 Å². The topological polar surface area (TPSA) is 60.2 Å². The standard InChI is InChI=1S/C15H25NO2S/c1-12(2)14-7-9-15(10-8-14)19(17,18)11-5-4-6-13(3)16/h7-10,12-13H,4-6,11,16H2,1-3H3. The lowest BCUT2D eigenvalue weighted by Crippen LogP contribution is -2.15. The highest BCUT2D eigenvalue weighted by atomic mass is 32.2. The Morgan fingerprint density at radius 2 is 1.63 bits per heavy atom. The Bertz CT molecular complexity index is 475. The van der Waals surface area contributed by atoms with Gasteiger partial charge in [0.2, 0.25) is 0 Å². The summed E-state index contributed by atoms with van der Waals surface area (Å²) in [5, 5.41) is 0. The summed E-state index contributed by atoms with van der Waals surface area (Å²) >= 11 is 0. The lowest BCUT2D eigenvalue weighted by Gasteiger charge is -2.08. The zero-order valence-corrected chi connectivity index (χ0v) is 12.9. The molecule has 3 nitrogen and oxygen atoms in total. The predicted octanol–water partition coefficient (Wildman–Crippen LogP) is 3.10. The largest absolute Gasteiger partial charge is 0.328 e. The molecular formula is C15H25NO2S. The molecule has 0 radical (unpaired) electrons. The van der Waals surface area contributed by atoms with Gasteiger partial charge in [0.25, 0.3) is 0 Å². The smallest absolute Gasteiger partial charge is 0.178 e. The van der Waals surface area contributed by atoms with Crippen molar-refractivity contribution >= 4 is 9.84 Å². The number of rotatable bonds is 7. The number of unbranched alkanes of at least 4 members (excludes halogenated alkanes) is 1. The molecule has 0 heterocycles. The van der Waals surface area contributed by atoms with Crippen molar-refractivity contribution in [2.45, 2.75) is 56.9 Å². The first-order chi connectivity index (χ1) is 8.83. The van der Waals surface area contributed by atoms with Crippen LogP contribution in [0.25, 0.3) is 0 Å². The minimum absolute atomic E-state index is 0.146. The van der Waals surface area contributed by atoms with Gasteiger partial charge in [-0.2, -0.15) is 0 Å². The molecular weight excluding hydrogens is 258 g/mol. The van der Waals surface area contributed by atoms with Gasteiger partial charge in [-0.25, -0.2) is 8.42 Å². The highest BCUT2D eigenvalue weighted by Gasteiger charge is 2.14. The third kappa shape index (κ3) is 5.33. The van der Waals surface area contributed by atoms with Crippen LogP contribution in [0.15, 0.2) is 29.2 Å². The molecule has 0 saturated carbocycles. The normalized spacial score (nSPS) is 13.7. The van der Waals surface area contributed by atoms with Gasteiger partial charge in [-0.3, -0.25) is 0 Å². The Kier molecular flexibility index (Phi) is 6.01. The van der Waals surface area contributed by atoms with Gasteiger partial charge >= 0.3 is 0 Å². The van der Waals surface area contributed by atoms with Gasteiger partial charge in [-0.1, -0.05) is 32.4 Å². The molecule has 0 fully saturated rings. The molecule has 1 unspecified atom stereocenters. The summed E-state index contributed by atoms with van der Waals surface area (Å²) in [4.78, 5) is 0.428. The van der Waals surface area contributed by atoms with Crippen molar-refractivity contribution in [3.05, 3.63) is 29.8 Å². The third-order valence-electron chi connectivity index (χ3n) is 3.23. The second kappa shape index (κ2) is 7.06. The Morgan fingerprint density at radius 3 is 2.11 bits per heavy atom. The predicted molar refractivity (Wildman–Crippen MR) is 80.1 cm³/mol. The summed E-state index contributed by atoms with van der Waals surface area (Å²) in [5.41, 5.74) is 6.81. The number of benzene rings is 1. The lowest BCUT2D eigenvalue weighted by atomic mass is 10.0. The highest BCUT2D eigenvalue weighted by Crippen LogP contribution is 2.19. The number of sulfone groups is 1. The van der Waals surface area contributed by atoms with Crippen molar-refractivity contribution in [1.29, 1.82) is 0 Å². The molecule has 19 heavy (non-hydrogen) atoms. The van der Waals surface area contributed by atoms with Gasteiger partial charge in [-0.15, -0.1) is 0 Å². The van der Waals surface area contributed by atoms with Crippen LogP contribution in [0.2, 0.25) is 0 Å². The van der Waals surface area contributed by atoms with Gasteiger partial charge in [0.05, 0.1) is 10.6 Å². The van der Waals surface area contributed by atoms with Gasteiger partial charge in [0.1, 0.15) is 0 Å². The highest BCUT2D eigenvalue weighted by molar-refractivity contribution is 7.91. The quantitative estimate of drug-likeness (QED) is 0.782. The lowest BCUT2D eigenvalue weighted by molar-refractivity contribution is 0.580. The summed E-state index contributed by atoms with van der Waals surface area (Å²) in [7, 11) is -3.14. The van der Waals surface area contributed by atoms with E-state index in [-0.39, 0.29) is 11.8 Å². The molecule has 0 aromatic heterocycles. The molecule has 0 bridgehead atoms. The molecule has 0 spiro atoms. The second-order valence-electron chi connectivity index (χ2n) is 5.52. The first-order valence-electron chi connectivity index (χ1n) is 6.91. The van der Waals surface area contributed by atoms with E-state index >= 15 is 0 Å². The third-order valence-corrected chi connectivity index (χ3v) is 5.04. The summed E-state index contributed by atoms with van der Waals surface area (Å²) in [6.07, 6.45) is 2.42. The van der Waals surface area contributed by atoms with E-state index in [0.717, 1.165) is 18.4 Å². The van der Waals surface area contributed by atoms with Crippen LogP contribution in [-0.2, 0) is 9.84 Å². The fourth-order valence-electron chi connectivity index (χ4n) is 1.94. The van der Waals surface area contributed by atoms with Crippen molar-refractivity contribution in [3.63, 3.8) is 0 Å². The molecule has 2 N–H and O–H groups in total. The summed E-state index contributed by atoms with van der Waals surface area (Å²) < 4.78 is 24.3. The summed E-state index contributed by atoms with van der Waals surface area (Å²) in [6, 6.07) is 7.39. The van der Waals surface area contributed by atoms with Gasteiger partial charge in [0.15, 0.2) is 9.84 Å². The van der Waals surface area contributed by atoms with Crippen LogP contribution in [0.1, 0.15) is 51.5 Å². The molecule has 0 saturated heterocycles. The zero-order valence-electron chi connectivity index (χ0n) is 12.1. The van der Waals surface area contributed by atoms with Crippen molar-refractivity contribution < 1.29 is 8.42 Å². The van der Waals surface area contributed by atoms with Crippen LogP contribution >= 0.6 is 0 Å². The Labute approximate surface area is 117 Å². The molecule has 1 aromatic carbocycles. The Morgan fingerprint density at radius 1 is 1.05 bits per heavy atom. The number of hydrogen-bond acceptors (Lipinski definition) is 3. The monoisotopic (exact) mass is 283 g/mol. The van der Waals surface area contributed by atoms with E-state index in [2.05, 4.69) is 13.8 Å². The molecule has 1 atom stereocenters. The van der Waals surface area contributed by atoms with E-state index in [0.29, 0.717) is 17.2 Å². The fourth-order valence-corrected chi connectivity index (χ4v) is 3.31. The molecule has 1 rings (SSSR count). The molecule has 0 aliphatic carbocycles. The van der Waals surface area contributed by atoms with E-state index in [1.807, 2.05) is 19.1 Å². The first kappa shape index (κ1) is 16.2. The van der Waals surface area contributed by atoms with E-state index < -0.39 is 9.84 Å². The maximum absolute atomic E-state index is 12.1. The Hall–Kier alpha value is -0.870. The number of hydrogen-bond donors (Lipinski definition) is 1. The fraction of sp³-hybridized carbons (Fsp3) is 0.600. The molecule has 108 valence electrons. The first-order valence-corrected chi connectivity index (χ1v) is 8.56. The minimum atomic E-state index is -3.14. The maximum Gasteiger partial charge on any atom is 0.178 e. The zero-order chi connectivity index (χ0) is 14.5. The van der Waals surface area contributed by atoms with Crippen molar-refractivity contribution in [3.8, 4) is 0 Å². The molecule has 4 heteroatoms. The van der Waals surface area contributed by atoms with E-state index in [1.54, 1.807) is 12.1 Å². The second-order valence-corrected chi connectivity index (χ2v) is 7.62. The van der Waals surface area contributed by atoms with Crippen LogP contribution < -0.4 is 5.73 Å². The molecule has 0 aliphatic heterocycles. The molecule has 0 aliphatic rings. The summed E-state index contributed by atoms with van der Waals surface area (Å²) in [5.74, 6) is 0.628. The van der Waals surface area contributed by atoms with Gasteiger partial charge in [0, 0.05) is 6.04 Å². The van der Waals surface area contributed by atoms with Gasteiger partial charge in [-0.05, 0) is 43.4 Å². The van der Waals surface area contributed by atoms with Crippen LogP contribution in [0, 0.1) is 0 Å². The maximum atomic E-state index is 12.1. The van der Waals surface area contributed by atoms with E-state index in [9.17, 15) is 8.42 Å². The van der Waals surface area contributed by atoms with Crippen molar-refractivity contribution in [2.24, 2.45) is 5.73 Å².